The van der Waals surface area contributed by atoms with Crippen LogP contribution in [-0.2, 0) is 11.3 Å². The highest BCUT2D eigenvalue weighted by Crippen LogP contribution is 2.29. The molecule has 0 radical (unpaired) electrons. The molecule has 3 rings (SSSR count). The van der Waals surface area contributed by atoms with Gasteiger partial charge in [-0.15, -0.1) is 0 Å². The zero-order valence-corrected chi connectivity index (χ0v) is 14.5. The smallest absolute Gasteiger partial charge is 0.374 e. The van der Waals surface area contributed by atoms with Crippen molar-refractivity contribution >= 4 is 16.9 Å². The van der Waals surface area contributed by atoms with Gasteiger partial charge in [-0.2, -0.15) is 0 Å². The molecule has 0 spiro atoms. The summed E-state index contributed by atoms with van der Waals surface area (Å²) >= 11 is 0. The zero-order valence-electron chi connectivity index (χ0n) is 14.5. The number of rotatable bonds is 6. The molecule has 0 saturated carbocycles. The number of ether oxygens (including phenoxy) is 3. The number of hydrogen-bond acceptors (Lipinski definition) is 5. The third-order valence-corrected chi connectivity index (χ3v) is 3.93. The van der Waals surface area contributed by atoms with Crippen molar-refractivity contribution in [1.82, 2.24) is 0 Å². The van der Waals surface area contributed by atoms with Gasteiger partial charge in [-0.1, -0.05) is 12.1 Å². The van der Waals surface area contributed by atoms with Gasteiger partial charge in [0.1, 0.15) is 23.7 Å². The zero-order chi connectivity index (χ0) is 17.8. The summed E-state index contributed by atoms with van der Waals surface area (Å²) in [5, 5.41) is 0.849. The standard InChI is InChI=1S/C20H20O5/c1-4-23-16-9-10-18-17(11-16)13(2)19(25-18)20(21)24-12-14-5-7-15(22-3)8-6-14/h5-11H,4,12H2,1-3H3. The minimum Gasteiger partial charge on any atom is -0.497 e. The number of methoxy groups -OCH3 is 1. The fourth-order valence-electron chi connectivity index (χ4n) is 2.59. The quantitative estimate of drug-likeness (QED) is 0.618. The molecule has 25 heavy (non-hydrogen) atoms. The Labute approximate surface area is 146 Å². The molecule has 5 heteroatoms. The highest BCUT2D eigenvalue weighted by atomic mass is 16.5. The minimum absolute atomic E-state index is 0.170. The van der Waals surface area contributed by atoms with Crippen LogP contribution in [0, 0.1) is 6.92 Å². The van der Waals surface area contributed by atoms with Gasteiger partial charge < -0.3 is 18.6 Å². The molecule has 1 aromatic heterocycles. The Morgan fingerprint density at radius 1 is 1.08 bits per heavy atom. The average Bonchev–Trinajstić information content (AvgIpc) is 2.97. The van der Waals surface area contributed by atoms with Crippen LogP contribution in [0.2, 0.25) is 0 Å². The van der Waals surface area contributed by atoms with Crippen LogP contribution in [0.25, 0.3) is 11.0 Å². The molecule has 5 nitrogen and oxygen atoms in total. The third-order valence-electron chi connectivity index (χ3n) is 3.93. The van der Waals surface area contributed by atoms with E-state index in [2.05, 4.69) is 0 Å². The summed E-state index contributed by atoms with van der Waals surface area (Å²) in [6, 6.07) is 12.8. The van der Waals surface area contributed by atoms with Gasteiger partial charge in [0.25, 0.3) is 0 Å². The molecule has 0 aliphatic rings. The van der Waals surface area contributed by atoms with E-state index in [0.29, 0.717) is 12.2 Å². The summed E-state index contributed by atoms with van der Waals surface area (Å²) < 4.78 is 21.6. The molecule has 0 aliphatic carbocycles. The lowest BCUT2D eigenvalue weighted by Gasteiger charge is -2.05. The van der Waals surface area contributed by atoms with Crippen LogP contribution < -0.4 is 9.47 Å². The van der Waals surface area contributed by atoms with E-state index in [0.717, 1.165) is 28.0 Å². The topological polar surface area (TPSA) is 57.9 Å². The van der Waals surface area contributed by atoms with Crippen molar-refractivity contribution in [3.8, 4) is 11.5 Å². The number of carbonyl (C=O) groups is 1. The second kappa shape index (κ2) is 7.30. The lowest BCUT2D eigenvalue weighted by molar-refractivity contribution is 0.0437. The molecule has 0 bridgehead atoms. The van der Waals surface area contributed by atoms with E-state index < -0.39 is 5.97 Å². The van der Waals surface area contributed by atoms with Gasteiger partial charge in [-0.3, -0.25) is 0 Å². The van der Waals surface area contributed by atoms with Gasteiger partial charge in [0, 0.05) is 10.9 Å². The van der Waals surface area contributed by atoms with Gasteiger partial charge in [0.15, 0.2) is 0 Å². The van der Waals surface area contributed by atoms with E-state index in [1.807, 2.05) is 50.2 Å². The van der Waals surface area contributed by atoms with Gasteiger partial charge in [-0.05, 0) is 49.7 Å². The molecule has 0 unspecified atom stereocenters. The van der Waals surface area contributed by atoms with Gasteiger partial charge >= 0.3 is 5.97 Å². The van der Waals surface area contributed by atoms with Gasteiger partial charge in [0.2, 0.25) is 5.76 Å². The maximum Gasteiger partial charge on any atom is 0.374 e. The van der Waals surface area contributed by atoms with E-state index in [1.165, 1.54) is 0 Å². The summed E-state index contributed by atoms with van der Waals surface area (Å²) in [7, 11) is 1.61. The Hall–Kier alpha value is -2.95. The predicted octanol–water partition coefficient (Wildman–Crippen LogP) is 4.51. The molecular formula is C20H20O5. The monoisotopic (exact) mass is 340 g/mol. The summed E-state index contributed by atoms with van der Waals surface area (Å²) in [6.07, 6.45) is 0. The second-order valence-corrected chi connectivity index (χ2v) is 5.57. The Bertz CT molecular complexity index is 877. The van der Waals surface area contributed by atoms with Crippen molar-refractivity contribution < 1.29 is 23.4 Å². The van der Waals surface area contributed by atoms with Crippen molar-refractivity contribution in [3.05, 3.63) is 59.4 Å². The Balaban J connectivity index is 1.75. The lowest BCUT2D eigenvalue weighted by Crippen LogP contribution is -2.05. The van der Waals surface area contributed by atoms with Gasteiger partial charge in [-0.25, -0.2) is 4.79 Å². The summed E-state index contributed by atoms with van der Waals surface area (Å²) in [4.78, 5) is 12.4. The van der Waals surface area contributed by atoms with Crippen molar-refractivity contribution in [2.75, 3.05) is 13.7 Å². The number of aryl methyl sites for hydroxylation is 1. The molecule has 2 aromatic carbocycles. The molecule has 0 atom stereocenters. The second-order valence-electron chi connectivity index (χ2n) is 5.57. The molecule has 0 amide bonds. The van der Waals surface area contributed by atoms with E-state index in [4.69, 9.17) is 18.6 Å². The van der Waals surface area contributed by atoms with Crippen LogP contribution in [0.1, 0.15) is 28.6 Å². The first-order valence-electron chi connectivity index (χ1n) is 8.08. The fourth-order valence-corrected chi connectivity index (χ4v) is 2.59. The number of benzene rings is 2. The lowest BCUT2D eigenvalue weighted by atomic mass is 10.1. The van der Waals surface area contributed by atoms with Crippen molar-refractivity contribution in [1.29, 1.82) is 0 Å². The summed E-state index contributed by atoms with van der Waals surface area (Å²) in [5.41, 5.74) is 2.26. The molecule has 3 aromatic rings. The van der Waals surface area contributed by atoms with Crippen molar-refractivity contribution in [2.24, 2.45) is 0 Å². The highest BCUT2D eigenvalue weighted by Gasteiger charge is 2.19. The largest absolute Gasteiger partial charge is 0.497 e. The fraction of sp³-hybridized carbons (Fsp3) is 0.250. The van der Waals surface area contributed by atoms with Gasteiger partial charge in [0.05, 0.1) is 13.7 Å². The number of fused-ring (bicyclic) bond motifs is 1. The van der Waals surface area contributed by atoms with Crippen molar-refractivity contribution in [2.45, 2.75) is 20.5 Å². The molecular weight excluding hydrogens is 320 g/mol. The average molecular weight is 340 g/mol. The molecule has 0 fully saturated rings. The van der Waals surface area contributed by atoms with Crippen LogP contribution in [0.3, 0.4) is 0 Å². The number of carbonyl (C=O) groups excluding carboxylic acids is 1. The first kappa shape index (κ1) is 16.9. The third kappa shape index (κ3) is 3.60. The summed E-state index contributed by atoms with van der Waals surface area (Å²) in [6.45, 7) is 4.52. The van der Waals surface area contributed by atoms with E-state index >= 15 is 0 Å². The van der Waals surface area contributed by atoms with Crippen LogP contribution in [-0.4, -0.2) is 19.7 Å². The van der Waals surface area contributed by atoms with Crippen LogP contribution in [0.15, 0.2) is 46.9 Å². The van der Waals surface area contributed by atoms with E-state index in [9.17, 15) is 4.79 Å². The molecule has 1 heterocycles. The molecule has 0 N–H and O–H groups in total. The first-order chi connectivity index (χ1) is 12.1. The maximum absolute atomic E-state index is 12.4. The molecule has 130 valence electrons. The molecule has 0 aliphatic heterocycles. The van der Waals surface area contributed by atoms with Crippen LogP contribution in [0.5, 0.6) is 11.5 Å². The predicted molar refractivity (Wildman–Crippen MR) is 94.2 cm³/mol. The molecule has 0 saturated heterocycles. The highest BCUT2D eigenvalue weighted by molar-refractivity contribution is 5.96. The number of esters is 1. The maximum atomic E-state index is 12.4. The van der Waals surface area contributed by atoms with E-state index in [1.54, 1.807) is 13.2 Å². The van der Waals surface area contributed by atoms with E-state index in [-0.39, 0.29) is 12.4 Å². The Morgan fingerprint density at radius 3 is 2.48 bits per heavy atom. The Morgan fingerprint density at radius 2 is 1.80 bits per heavy atom. The SMILES string of the molecule is CCOc1ccc2oc(C(=O)OCc3ccc(OC)cc3)c(C)c2c1. The Kier molecular flexibility index (Phi) is 4.93. The number of hydrogen-bond donors (Lipinski definition) is 0. The normalized spacial score (nSPS) is 10.7. The minimum atomic E-state index is -0.484. The van der Waals surface area contributed by atoms with Crippen LogP contribution in [0.4, 0.5) is 0 Å². The first-order valence-corrected chi connectivity index (χ1v) is 8.08. The van der Waals surface area contributed by atoms with Crippen molar-refractivity contribution in [3.63, 3.8) is 0 Å². The number of furan rings is 1. The van der Waals surface area contributed by atoms with Crippen LogP contribution >= 0.6 is 0 Å². The summed E-state index contributed by atoms with van der Waals surface area (Å²) in [5.74, 6) is 1.24.